The molecular formula is C23H25ClN2O5S. The number of carbonyl (C=O) groups is 2. The minimum absolute atomic E-state index is 0.0389. The van der Waals surface area contributed by atoms with E-state index in [1.54, 1.807) is 36.4 Å². The number of ether oxygens (including phenoxy) is 1. The Morgan fingerprint density at radius 3 is 2.19 bits per heavy atom. The third-order valence-electron chi connectivity index (χ3n) is 6.17. The van der Waals surface area contributed by atoms with Crippen LogP contribution in [-0.2, 0) is 32.7 Å². The summed E-state index contributed by atoms with van der Waals surface area (Å²) in [7, 11) is -2.52. The Morgan fingerprint density at radius 2 is 1.59 bits per heavy atom. The number of rotatable bonds is 7. The quantitative estimate of drug-likeness (QED) is 0.617. The van der Waals surface area contributed by atoms with Crippen LogP contribution in [0.3, 0.4) is 0 Å². The number of carbonyl (C=O) groups excluding carboxylic acids is 2. The third-order valence-corrected chi connectivity index (χ3v) is 7.84. The molecule has 170 valence electrons. The molecule has 2 aliphatic rings. The van der Waals surface area contributed by atoms with Crippen LogP contribution in [0, 0.1) is 11.8 Å². The van der Waals surface area contributed by atoms with Gasteiger partial charge in [0, 0.05) is 11.6 Å². The molecule has 2 amide bonds. The van der Waals surface area contributed by atoms with Gasteiger partial charge in [0.05, 0.1) is 25.5 Å². The average molecular weight is 477 g/mol. The first-order valence-electron chi connectivity index (χ1n) is 10.6. The molecule has 2 aromatic carbocycles. The van der Waals surface area contributed by atoms with Gasteiger partial charge in [-0.25, -0.2) is 13.1 Å². The standard InChI is InChI=1S/C23H25ClN2O5S/c1-31-20-11-8-16(14-26-22(27)18-4-2-3-5-19(18)23(26)28)12-21(20)32(29,30)25-13-15-6-9-17(24)10-7-15/h6-12,18-19,25H,2-5,13-14H2,1H3/t18-,19+. The molecule has 1 saturated carbocycles. The van der Waals surface area contributed by atoms with Gasteiger partial charge >= 0.3 is 0 Å². The van der Waals surface area contributed by atoms with Gasteiger partial charge in [-0.05, 0) is 48.2 Å². The maximum atomic E-state index is 13.0. The Balaban J connectivity index is 1.55. The number of hydrogen-bond donors (Lipinski definition) is 1. The molecule has 1 N–H and O–H groups in total. The minimum atomic E-state index is -3.91. The van der Waals surface area contributed by atoms with Crippen LogP contribution in [0.15, 0.2) is 47.4 Å². The van der Waals surface area contributed by atoms with Gasteiger partial charge in [0.15, 0.2) is 0 Å². The Hall–Kier alpha value is -2.42. The molecule has 2 atom stereocenters. The number of imide groups is 1. The molecule has 32 heavy (non-hydrogen) atoms. The summed E-state index contributed by atoms with van der Waals surface area (Å²) in [6.07, 6.45) is 3.39. The summed E-state index contributed by atoms with van der Waals surface area (Å²) in [6.45, 7) is 0.133. The second kappa shape index (κ2) is 9.21. The van der Waals surface area contributed by atoms with Crippen LogP contribution in [0.25, 0.3) is 0 Å². The fourth-order valence-electron chi connectivity index (χ4n) is 4.46. The highest BCUT2D eigenvalue weighted by Crippen LogP contribution is 2.39. The highest BCUT2D eigenvalue weighted by molar-refractivity contribution is 7.89. The van der Waals surface area contributed by atoms with Crippen molar-refractivity contribution in [3.63, 3.8) is 0 Å². The van der Waals surface area contributed by atoms with Crippen LogP contribution in [0.1, 0.15) is 36.8 Å². The van der Waals surface area contributed by atoms with Crippen LogP contribution in [0.5, 0.6) is 5.75 Å². The molecule has 1 saturated heterocycles. The lowest BCUT2D eigenvalue weighted by Crippen LogP contribution is -2.30. The van der Waals surface area contributed by atoms with Crippen molar-refractivity contribution in [3.8, 4) is 5.75 Å². The van der Waals surface area contributed by atoms with Crippen molar-refractivity contribution in [1.82, 2.24) is 9.62 Å². The van der Waals surface area contributed by atoms with Gasteiger partial charge in [0.1, 0.15) is 10.6 Å². The number of halogens is 1. The number of methoxy groups -OCH3 is 1. The highest BCUT2D eigenvalue weighted by atomic mass is 35.5. The maximum Gasteiger partial charge on any atom is 0.244 e. The van der Waals surface area contributed by atoms with E-state index in [1.807, 2.05) is 0 Å². The number of nitrogens with zero attached hydrogens (tertiary/aromatic N) is 1. The van der Waals surface area contributed by atoms with E-state index in [-0.39, 0.29) is 47.4 Å². The highest BCUT2D eigenvalue weighted by Gasteiger charge is 2.47. The summed E-state index contributed by atoms with van der Waals surface area (Å²) in [6, 6.07) is 11.5. The van der Waals surface area contributed by atoms with E-state index in [0.717, 1.165) is 31.2 Å². The Kier molecular flexibility index (Phi) is 6.55. The molecule has 0 unspecified atom stereocenters. The van der Waals surface area contributed by atoms with Crippen molar-refractivity contribution >= 4 is 33.4 Å². The van der Waals surface area contributed by atoms with E-state index in [2.05, 4.69) is 4.72 Å². The van der Waals surface area contributed by atoms with Gasteiger partial charge in [-0.1, -0.05) is 42.6 Å². The van der Waals surface area contributed by atoms with E-state index in [0.29, 0.717) is 10.6 Å². The SMILES string of the molecule is COc1ccc(CN2C(=O)[C@H]3CCCC[C@H]3C2=O)cc1S(=O)(=O)NCc1ccc(Cl)cc1. The van der Waals surface area contributed by atoms with E-state index in [1.165, 1.54) is 18.1 Å². The molecule has 1 aliphatic heterocycles. The molecule has 9 heteroatoms. The molecule has 1 aliphatic carbocycles. The summed E-state index contributed by atoms with van der Waals surface area (Å²) in [5.41, 5.74) is 1.31. The van der Waals surface area contributed by atoms with E-state index in [4.69, 9.17) is 16.3 Å². The first-order chi connectivity index (χ1) is 15.3. The normalized spacial score (nSPS) is 21.0. The molecule has 2 fully saturated rings. The molecule has 0 aromatic heterocycles. The van der Waals surface area contributed by atoms with Gasteiger partial charge < -0.3 is 4.74 Å². The molecular weight excluding hydrogens is 452 g/mol. The van der Waals surface area contributed by atoms with Crippen LogP contribution < -0.4 is 9.46 Å². The molecule has 1 heterocycles. The maximum absolute atomic E-state index is 13.0. The van der Waals surface area contributed by atoms with Crippen LogP contribution in [-0.4, -0.2) is 32.2 Å². The first-order valence-corrected chi connectivity index (χ1v) is 12.4. The zero-order valence-electron chi connectivity index (χ0n) is 17.7. The largest absolute Gasteiger partial charge is 0.495 e. The lowest BCUT2D eigenvalue weighted by atomic mass is 9.81. The van der Waals surface area contributed by atoms with Crippen molar-refractivity contribution in [1.29, 1.82) is 0 Å². The summed E-state index contributed by atoms with van der Waals surface area (Å²) >= 11 is 5.88. The smallest absolute Gasteiger partial charge is 0.244 e. The second-order valence-corrected chi connectivity index (χ2v) is 10.4. The summed E-state index contributed by atoms with van der Waals surface area (Å²) in [5, 5.41) is 0.567. The summed E-state index contributed by atoms with van der Waals surface area (Å²) in [5.74, 6) is -0.593. The Morgan fingerprint density at radius 1 is 1.00 bits per heavy atom. The number of benzene rings is 2. The number of nitrogens with one attached hydrogen (secondary N) is 1. The summed E-state index contributed by atoms with van der Waals surface area (Å²) in [4.78, 5) is 26.8. The molecule has 0 spiro atoms. The van der Waals surface area contributed by atoms with E-state index < -0.39 is 10.0 Å². The predicted molar refractivity (Wildman–Crippen MR) is 119 cm³/mol. The second-order valence-electron chi connectivity index (χ2n) is 8.20. The number of sulfonamides is 1. The predicted octanol–water partition coefficient (Wildman–Crippen LogP) is 3.50. The fourth-order valence-corrected chi connectivity index (χ4v) is 5.82. The summed E-state index contributed by atoms with van der Waals surface area (Å²) < 4.78 is 33.8. The average Bonchev–Trinajstić information content (AvgIpc) is 3.04. The molecule has 4 rings (SSSR count). The number of fused-ring (bicyclic) bond motifs is 1. The van der Waals surface area contributed by atoms with Crippen LogP contribution in [0.2, 0.25) is 5.02 Å². The molecule has 7 nitrogen and oxygen atoms in total. The minimum Gasteiger partial charge on any atom is -0.495 e. The number of likely N-dealkylation sites (tertiary alicyclic amines) is 1. The van der Waals surface area contributed by atoms with Crippen molar-refractivity contribution in [2.75, 3.05) is 7.11 Å². The van der Waals surface area contributed by atoms with Crippen LogP contribution >= 0.6 is 11.6 Å². The fraction of sp³-hybridized carbons (Fsp3) is 0.391. The lowest BCUT2D eigenvalue weighted by Gasteiger charge is -2.19. The van der Waals surface area contributed by atoms with Crippen molar-refractivity contribution in [3.05, 3.63) is 58.6 Å². The van der Waals surface area contributed by atoms with Crippen molar-refractivity contribution in [2.24, 2.45) is 11.8 Å². The number of amides is 2. The Bertz CT molecular complexity index is 1110. The van der Waals surface area contributed by atoms with Gasteiger partial charge in [0.25, 0.3) is 0 Å². The van der Waals surface area contributed by atoms with Gasteiger partial charge in [-0.3, -0.25) is 14.5 Å². The first kappa shape index (κ1) is 22.8. The topological polar surface area (TPSA) is 92.8 Å². The van der Waals surface area contributed by atoms with E-state index >= 15 is 0 Å². The molecule has 0 bridgehead atoms. The zero-order valence-corrected chi connectivity index (χ0v) is 19.3. The lowest BCUT2D eigenvalue weighted by molar-refractivity contribution is -0.140. The van der Waals surface area contributed by atoms with Crippen molar-refractivity contribution in [2.45, 2.75) is 43.7 Å². The monoisotopic (exact) mass is 476 g/mol. The molecule has 0 radical (unpaired) electrons. The Labute approximate surface area is 192 Å². The zero-order chi connectivity index (χ0) is 22.9. The van der Waals surface area contributed by atoms with Gasteiger partial charge in [-0.2, -0.15) is 0 Å². The van der Waals surface area contributed by atoms with Gasteiger partial charge in [-0.15, -0.1) is 0 Å². The van der Waals surface area contributed by atoms with Gasteiger partial charge in [0.2, 0.25) is 21.8 Å². The van der Waals surface area contributed by atoms with E-state index in [9.17, 15) is 18.0 Å². The van der Waals surface area contributed by atoms with Crippen molar-refractivity contribution < 1.29 is 22.7 Å². The third kappa shape index (κ3) is 4.53. The number of hydrogen-bond acceptors (Lipinski definition) is 5. The molecule has 2 aromatic rings. The van der Waals surface area contributed by atoms with Crippen LogP contribution in [0.4, 0.5) is 0 Å².